The molecule has 3 rings (SSSR count). The molecule has 1 N–H and O–H groups in total. The van der Waals surface area contributed by atoms with E-state index in [2.05, 4.69) is 47.4 Å². The molecular formula is C18H15Br2N3O2S. The van der Waals surface area contributed by atoms with E-state index in [0.29, 0.717) is 11.1 Å². The first-order chi connectivity index (χ1) is 12.4. The molecule has 3 aromatic rings. The lowest BCUT2D eigenvalue weighted by molar-refractivity contribution is -0.115. The predicted molar refractivity (Wildman–Crippen MR) is 110 cm³/mol. The fraction of sp³-hybridized carbons (Fsp3) is 0.167. The Morgan fingerprint density at radius 3 is 2.58 bits per heavy atom. The highest BCUT2D eigenvalue weighted by atomic mass is 79.9. The van der Waals surface area contributed by atoms with Gasteiger partial charge in [-0.3, -0.25) is 4.79 Å². The number of carbonyl (C=O) groups is 1. The van der Waals surface area contributed by atoms with Crippen molar-refractivity contribution in [2.75, 3.05) is 5.32 Å². The molecule has 1 unspecified atom stereocenters. The molecule has 1 amide bonds. The van der Waals surface area contributed by atoms with Crippen LogP contribution in [0.1, 0.15) is 12.5 Å². The van der Waals surface area contributed by atoms with Crippen molar-refractivity contribution in [2.45, 2.75) is 24.3 Å². The second kappa shape index (κ2) is 8.37. The normalized spacial score (nSPS) is 12.0. The lowest BCUT2D eigenvalue weighted by atomic mass is 10.2. The second-order valence-corrected chi connectivity index (χ2v) is 8.67. The average Bonchev–Trinajstić information content (AvgIpc) is 3.06. The summed E-state index contributed by atoms with van der Waals surface area (Å²) in [6.07, 6.45) is 0. The molecule has 5 nitrogen and oxygen atoms in total. The van der Waals surface area contributed by atoms with Crippen LogP contribution in [-0.4, -0.2) is 21.4 Å². The molecule has 8 heteroatoms. The van der Waals surface area contributed by atoms with E-state index in [9.17, 15) is 4.79 Å². The van der Waals surface area contributed by atoms with Crippen LogP contribution in [0.2, 0.25) is 0 Å². The molecule has 0 spiro atoms. The molecule has 0 aliphatic heterocycles. The van der Waals surface area contributed by atoms with Crippen molar-refractivity contribution >= 4 is 55.2 Å². The molecule has 2 aromatic carbocycles. The summed E-state index contributed by atoms with van der Waals surface area (Å²) >= 11 is 8.07. The first-order valence-electron chi connectivity index (χ1n) is 7.75. The van der Waals surface area contributed by atoms with Crippen LogP contribution in [-0.2, 0) is 4.79 Å². The summed E-state index contributed by atoms with van der Waals surface area (Å²) in [4.78, 5) is 12.4. The smallest absolute Gasteiger partial charge is 0.277 e. The minimum absolute atomic E-state index is 0.136. The van der Waals surface area contributed by atoms with Crippen LogP contribution in [0.15, 0.2) is 61.0 Å². The summed E-state index contributed by atoms with van der Waals surface area (Å²) in [5.41, 5.74) is 2.67. The number of thioether (sulfide) groups is 1. The topological polar surface area (TPSA) is 68.0 Å². The predicted octanol–water partition coefficient (Wildman–Crippen LogP) is 5.69. The number of rotatable bonds is 5. The minimum atomic E-state index is -0.388. The number of aryl methyl sites for hydroxylation is 1. The molecule has 134 valence electrons. The van der Waals surface area contributed by atoms with Gasteiger partial charge in [0.2, 0.25) is 11.8 Å². The van der Waals surface area contributed by atoms with Crippen LogP contribution in [0.3, 0.4) is 0 Å². The fourth-order valence-electron chi connectivity index (χ4n) is 2.13. The van der Waals surface area contributed by atoms with Gasteiger partial charge >= 0.3 is 0 Å². The number of nitrogens with zero attached hydrogens (tertiary/aromatic N) is 2. The molecule has 0 aliphatic carbocycles. The molecule has 0 saturated carbocycles. The van der Waals surface area contributed by atoms with Gasteiger partial charge in [-0.2, -0.15) is 0 Å². The highest BCUT2D eigenvalue weighted by molar-refractivity contribution is 9.10. The number of amides is 1. The van der Waals surface area contributed by atoms with Gasteiger partial charge in [0, 0.05) is 14.5 Å². The molecule has 0 aliphatic rings. The summed E-state index contributed by atoms with van der Waals surface area (Å²) in [5.74, 6) is 0.289. The molecule has 1 aromatic heterocycles. The van der Waals surface area contributed by atoms with Gasteiger partial charge in [0.05, 0.1) is 10.9 Å². The molecule has 0 radical (unpaired) electrons. The number of benzene rings is 2. The number of hydrogen-bond donors (Lipinski definition) is 1. The van der Waals surface area contributed by atoms with Gasteiger partial charge in [-0.05, 0) is 71.7 Å². The van der Waals surface area contributed by atoms with Crippen molar-refractivity contribution in [3.05, 3.63) is 57.0 Å². The Morgan fingerprint density at radius 2 is 1.88 bits per heavy atom. The largest absolute Gasteiger partial charge is 0.411 e. The molecular weight excluding hydrogens is 482 g/mol. The van der Waals surface area contributed by atoms with Gasteiger partial charge < -0.3 is 9.73 Å². The first kappa shape index (κ1) is 19.1. The maximum absolute atomic E-state index is 12.4. The molecule has 1 heterocycles. The van der Waals surface area contributed by atoms with Crippen LogP contribution in [0, 0.1) is 6.92 Å². The van der Waals surface area contributed by atoms with Crippen molar-refractivity contribution in [3.63, 3.8) is 0 Å². The monoisotopic (exact) mass is 495 g/mol. The summed E-state index contributed by atoms with van der Waals surface area (Å²) in [7, 11) is 0. The van der Waals surface area contributed by atoms with Crippen LogP contribution >= 0.6 is 43.6 Å². The molecule has 0 fully saturated rings. The van der Waals surface area contributed by atoms with Gasteiger partial charge in [0.25, 0.3) is 5.22 Å². The Morgan fingerprint density at radius 1 is 1.15 bits per heavy atom. The standard InChI is InChI=1S/C18H15Br2N3O2S/c1-10-3-8-15(14(20)9-10)21-16(24)11(2)26-18-23-22-17(25-18)12-4-6-13(19)7-5-12/h3-9,11H,1-2H3,(H,21,24). The zero-order valence-electron chi connectivity index (χ0n) is 14.0. The van der Waals surface area contributed by atoms with E-state index in [0.717, 1.165) is 25.8 Å². The van der Waals surface area contributed by atoms with Gasteiger partial charge in [0.15, 0.2) is 0 Å². The van der Waals surface area contributed by atoms with E-state index in [1.165, 1.54) is 11.8 Å². The average molecular weight is 497 g/mol. The zero-order valence-corrected chi connectivity index (χ0v) is 18.0. The summed E-state index contributed by atoms with van der Waals surface area (Å²) in [6, 6.07) is 13.3. The van der Waals surface area contributed by atoms with E-state index >= 15 is 0 Å². The first-order valence-corrected chi connectivity index (χ1v) is 10.2. The van der Waals surface area contributed by atoms with Crippen LogP contribution in [0.4, 0.5) is 5.69 Å². The summed E-state index contributed by atoms with van der Waals surface area (Å²) < 4.78 is 7.48. The van der Waals surface area contributed by atoms with Gasteiger partial charge in [-0.1, -0.05) is 33.8 Å². The van der Waals surface area contributed by atoms with Gasteiger partial charge in [-0.25, -0.2) is 0 Å². The van der Waals surface area contributed by atoms with Crippen LogP contribution in [0.25, 0.3) is 11.5 Å². The SMILES string of the molecule is Cc1ccc(NC(=O)C(C)Sc2nnc(-c3ccc(Br)cc3)o2)c(Br)c1. The van der Waals surface area contributed by atoms with Crippen molar-refractivity contribution in [3.8, 4) is 11.5 Å². The Balaban J connectivity index is 1.65. The van der Waals surface area contributed by atoms with E-state index < -0.39 is 0 Å². The van der Waals surface area contributed by atoms with Crippen LogP contribution in [0.5, 0.6) is 0 Å². The third-order valence-electron chi connectivity index (χ3n) is 3.53. The second-order valence-electron chi connectivity index (χ2n) is 5.61. The van der Waals surface area contributed by atoms with Crippen molar-refractivity contribution in [2.24, 2.45) is 0 Å². The van der Waals surface area contributed by atoms with Crippen molar-refractivity contribution in [1.82, 2.24) is 10.2 Å². The lowest BCUT2D eigenvalue weighted by Gasteiger charge is -2.11. The highest BCUT2D eigenvalue weighted by Gasteiger charge is 2.19. The zero-order chi connectivity index (χ0) is 18.7. The number of anilines is 1. The Kier molecular flexibility index (Phi) is 6.16. The van der Waals surface area contributed by atoms with Crippen molar-refractivity contribution < 1.29 is 9.21 Å². The number of hydrogen-bond acceptors (Lipinski definition) is 5. The van der Waals surface area contributed by atoms with E-state index in [-0.39, 0.29) is 11.2 Å². The maximum Gasteiger partial charge on any atom is 0.277 e. The van der Waals surface area contributed by atoms with Crippen molar-refractivity contribution in [1.29, 1.82) is 0 Å². The summed E-state index contributed by atoms with van der Waals surface area (Å²) in [5, 5.41) is 10.9. The Bertz CT molecular complexity index is 928. The quantitative estimate of drug-likeness (QED) is 0.459. The Hall–Kier alpha value is -1.64. The minimum Gasteiger partial charge on any atom is -0.411 e. The number of nitrogens with one attached hydrogen (secondary N) is 1. The Labute approximate surface area is 172 Å². The molecule has 1 atom stereocenters. The number of halogens is 2. The highest BCUT2D eigenvalue weighted by Crippen LogP contribution is 2.29. The van der Waals surface area contributed by atoms with E-state index in [1.807, 2.05) is 49.4 Å². The third-order valence-corrected chi connectivity index (χ3v) is 5.65. The van der Waals surface area contributed by atoms with Crippen LogP contribution < -0.4 is 5.32 Å². The maximum atomic E-state index is 12.4. The van der Waals surface area contributed by atoms with E-state index in [4.69, 9.17) is 4.42 Å². The van der Waals surface area contributed by atoms with Gasteiger partial charge in [0.1, 0.15) is 0 Å². The van der Waals surface area contributed by atoms with Gasteiger partial charge in [-0.15, -0.1) is 10.2 Å². The number of carbonyl (C=O) groups excluding carboxylic acids is 1. The lowest BCUT2D eigenvalue weighted by Crippen LogP contribution is -2.22. The summed E-state index contributed by atoms with van der Waals surface area (Å²) in [6.45, 7) is 3.79. The molecule has 0 saturated heterocycles. The fourth-order valence-corrected chi connectivity index (χ4v) is 3.67. The molecule has 0 bridgehead atoms. The third kappa shape index (κ3) is 4.75. The van der Waals surface area contributed by atoms with E-state index in [1.54, 1.807) is 6.92 Å². The molecule has 26 heavy (non-hydrogen) atoms. The number of aromatic nitrogens is 2.